The SMILES string of the molecule is Cc1cc(C)cc(N(C)Cc2cc(=O)n3cc(C)ccc3n2)c1. The van der Waals surface area contributed by atoms with E-state index >= 15 is 0 Å². The molecule has 0 fully saturated rings. The summed E-state index contributed by atoms with van der Waals surface area (Å²) in [6.45, 7) is 6.75. The number of aryl methyl sites for hydroxylation is 3. The number of anilines is 1. The molecule has 23 heavy (non-hydrogen) atoms. The average Bonchev–Trinajstić information content (AvgIpc) is 2.47. The molecule has 0 N–H and O–H groups in total. The Morgan fingerprint density at radius 3 is 2.39 bits per heavy atom. The van der Waals surface area contributed by atoms with E-state index in [0.29, 0.717) is 12.2 Å². The van der Waals surface area contributed by atoms with E-state index in [0.717, 1.165) is 16.9 Å². The summed E-state index contributed by atoms with van der Waals surface area (Å²) in [4.78, 5) is 19.0. The van der Waals surface area contributed by atoms with Gasteiger partial charge in [-0.15, -0.1) is 0 Å². The lowest BCUT2D eigenvalue weighted by molar-refractivity contribution is 0.868. The van der Waals surface area contributed by atoms with Crippen molar-refractivity contribution < 1.29 is 0 Å². The number of nitrogens with zero attached hydrogens (tertiary/aromatic N) is 3. The Morgan fingerprint density at radius 1 is 1.00 bits per heavy atom. The number of pyridine rings is 1. The molecule has 4 nitrogen and oxygen atoms in total. The van der Waals surface area contributed by atoms with Gasteiger partial charge in [0, 0.05) is 25.0 Å². The summed E-state index contributed by atoms with van der Waals surface area (Å²) in [5.74, 6) is 0. The van der Waals surface area contributed by atoms with Crippen molar-refractivity contribution in [3.05, 3.63) is 75.3 Å². The molecule has 0 atom stereocenters. The second-order valence-electron chi connectivity index (χ2n) is 6.22. The van der Waals surface area contributed by atoms with E-state index in [1.165, 1.54) is 11.1 Å². The molecule has 0 aliphatic rings. The molecule has 0 radical (unpaired) electrons. The first-order valence-corrected chi connectivity index (χ1v) is 7.71. The van der Waals surface area contributed by atoms with Gasteiger partial charge in [0.2, 0.25) is 0 Å². The van der Waals surface area contributed by atoms with Crippen LogP contribution in [0.25, 0.3) is 5.65 Å². The lowest BCUT2D eigenvalue weighted by Gasteiger charge is -2.20. The average molecular weight is 307 g/mol. The van der Waals surface area contributed by atoms with E-state index in [2.05, 4.69) is 41.9 Å². The van der Waals surface area contributed by atoms with Crippen LogP contribution in [0.2, 0.25) is 0 Å². The molecule has 0 unspecified atom stereocenters. The fourth-order valence-corrected chi connectivity index (χ4v) is 2.84. The smallest absolute Gasteiger partial charge is 0.258 e. The summed E-state index contributed by atoms with van der Waals surface area (Å²) in [6, 6.07) is 11.9. The molecule has 4 heteroatoms. The van der Waals surface area contributed by atoms with Crippen LogP contribution in [0.4, 0.5) is 5.69 Å². The second-order valence-corrected chi connectivity index (χ2v) is 6.22. The number of aromatic nitrogens is 2. The minimum atomic E-state index is -0.0393. The number of rotatable bonds is 3. The van der Waals surface area contributed by atoms with Gasteiger partial charge in [0.15, 0.2) is 0 Å². The van der Waals surface area contributed by atoms with Crippen LogP contribution in [0, 0.1) is 20.8 Å². The summed E-state index contributed by atoms with van der Waals surface area (Å²) in [7, 11) is 2.02. The Labute approximate surface area is 136 Å². The molecule has 3 rings (SSSR count). The van der Waals surface area contributed by atoms with Crippen LogP contribution >= 0.6 is 0 Å². The summed E-state index contributed by atoms with van der Waals surface area (Å²) in [6.07, 6.45) is 1.82. The normalized spacial score (nSPS) is 11.0. The maximum Gasteiger partial charge on any atom is 0.258 e. The number of hydrogen-bond donors (Lipinski definition) is 0. The molecule has 0 bridgehead atoms. The first-order chi connectivity index (χ1) is 10.9. The molecule has 0 saturated carbocycles. The van der Waals surface area contributed by atoms with E-state index < -0.39 is 0 Å². The number of benzene rings is 1. The van der Waals surface area contributed by atoms with E-state index in [1.807, 2.05) is 32.3 Å². The zero-order valence-corrected chi connectivity index (χ0v) is 14.0. The van der Waals surface area contributed by atoms with Gasteiger partial charge >= 0.3 is 0 Å². The van der Waals surface area contributed by atoms with Crippen molar-refractivity contribution in [2.24, 2.45) is 0 Å². The molecule has 0 amide bonds. The zero-order chi connectivity index (χ0) is 16.6. The van der Waals surface area contributed by atoms with E-state index in [-0.39, 0.29) is 5.56 Å². The van der Waals surface area contributed by atoms with Crippen molar-refractivity contribution in [2.45, 2.75) is 27.3 Å². The maximum atomic E-state index is 12.3. The quantitative estimate of drug-likeness (QED) is 0.745. The molecule has 1 aromatic carbocycles. The van der Waals surface area contributed by atoms with Gasteiger partial charge in [-0.3, -0.25) is 9.20 Å². The highest BCUT2D eigenvalue weighted by Gasteiger charge is 2.07. The second kappa shape index (κ2) is 5.88. The fraction of sp³-hybridized carbons (Fsp3) is 0.263. The summed E-state index contributed by atoms with van der Waals surface area (Å²) >= 11 is 0. The monoisotopic (exact) mass is 307 g/mol. The Kier molecular flexibility index (Phi) is 3.90. The van der Waals surface area contributed by atoms with Gasteiger partial charge in [0.25, 0.3) is 5.56 Å². The van der Waals surface area contributed by atoms with Crippen LogP contribution in [0.3, 0.4) is 0 Å². The molecule has 2 aromatic heterocycles. The van der Waals surface area contributed by atoms with Gasteiger partial charge in [0.05, 0.1) is 12.2 Å². The predicted molar refractivity (Wildman–Crippen MR) is 94.2 cm³/mol. The van der Waals surface area contributed by atoms with Crippen LogP contribution in [0.15, 0.2) is 47.4 Å². The van der Waals surface area contributed by atoms with Crippen LogP contribution < -0.4 is 10.5 Å². The van der Waals surface area contributed by atoms with Crippen LogP contribution in [0.5, 0.6) is 0 Å². The first-order valence-electron chi connectivity index (χ1n) is 7.71. The lowest BCUT2D eigenvalue weighted by Crippen LogP contribution is -2.21. The topological polar surface area (TPSA) is 37.6 Å². The Bertz CT molecular complexity index is 907. The van der Waals surface area contributed by atoms with Crippen molar-refractivity contribution >= 4 is 11.3 Å². The molecule has 3 aromatic rings. The van der Waals surface area contributed by atoms with Gasteiger partial charge in [-0.1, -0.05) is 12.1 Å². The van der Waals surface area contributed by atoms with Gasteiger partial charge in [-0.25, -0.2) is 4.98 Å². The molecule has 0 saturated heterocycles. The molecular weight excluding hydrogens is 286 g/mol. The number of fused-ring (bicyclic) bond motifs is 1. The van der Waals surface area contributed by atoms with E-state index in [1.54, 1.807) is 10.5 Å². The summed E-state index contributed by atoms with van der Waals surface area (Å²) < 4.78 is 1.59. The predicted octanol–water partition coefficient (Wildman–Crippen LogP) is 3.26. The maximum absolute atomic E-state index is 12.3. The molecule has 118 valence electrons. The van der Waals surface area contributed by atoms with Gasteiger partial charge in [-0.05, 0) is 55.7 Å². The Hall–Kier alpha value is -2.62. The van der Waals surface area contributed by atoms with Crippen LogP contribution in [0.1, 0.15) is 22.4 Å². The Balaban J connectivity index is 1.94. The Morgan fingerprint density at radius 2 is 1.70 bits per heavy atom. The third-order valence-corrected chi connectivity index (χ3v) is 3.91. The third-order valence-electron chi connectivity index (χ3n) is 3.91. The zero-order valence-electron chi connectivity index (χ0n) is 14.0. The molecular formula is C19H21N3O. The third kappa shape index (κ3) is 3.26. The highest BCUT2D eigenvalue weighted by molar-refractivity contribution is 5.50. The minimum absolute atomic E-state index is 0.0393. The number of hydrogen-bond acceptors (Lipinski definition) is 3. The largest absolute Gasteiger partial charge is 0.369 e. The van der Waals surface area contributed by atoms with Crippen LogP contribution in [-0.4, -0.2) is 16.4 Å². The standard InChI is InChI=1S/C19H21N3O/c1-13-5-6-18-20-16(10-19(23)22(18)11-13)12-21(4)17-8-14(2)7-15(3)9-17/h5-11H,12H2,1-4H3. The fourth-order valence-electron chi connectivity index (χ4n) is 2.84. The summed E-state index contributed by atoms with van der Waals surface area (Å²) in [5.41, 5.74) is 6.06. The van der Waals surface area contributed by atoms with E-state index in [9.17, 15) is 4.79 Å². The van der Waals surface area contributed by atoms with Gasteiger partial charge in [0.1, 0.15) is 5.65 Å². The lowest BCUT2D eigenvalue weighted by atomic mass is 10.1. The van der Waals surface area contributed by atoms with Gasteiger partial charge in [-0.2, -0.15) is 0 Å². The van der Waals surface area contributed by atoms with Gasteiger partial charge < -0.3 is 4.90 Å². The molecule has 0 spiro atoms. The highest BCUT2D eigenvalue weighted by Crippen LogP contribution is 2.19. The molecule has 2 heterocycles. The van der Waals surface area contributed by atoms with Crippen molar-refractivity contribution in [1.82, 2.24) is 9.38 Å². The van der Waals surface area contributed by atoms with Crippen LogP contribution in [-0.2, 0) is 6.54 Å². The van der Waals surface area contributed by atoms with Crippen molar-refractivity contribution in [3.8, 4) is 0 Å². The minimum Gasteiger partial charge on any atom is -0.369 e. The molecule has 0 aliphatic heterocycles. The van der Waals surface area contributed by atoms with Crippen molar-refractivity contribution in [3.63, 3.8) is 0 Å². The highest BCUT2D eigenvalue weighted by atomic mass is 16.1. The summed E-state index contributed by atoms with van der Waals surface area (Å²) in [5, 5.41) is 0. The first kappa shape index (κ1) is 15.3. The van der Waals surface area contributed by atoms with Crippen molar-refractivity contribution in [2.75, 3.05) is 11.9 Å². The van der Waals surface area contributed by atoms with E-state index in [4.69, 9.17) is 0 Å². The molecule has 0 aliphatic carbocycles. The van der Waals surface area contributed by atoms with Crippen molar-refractivity contribution in [1.29, 1.82) is 0 Å².